The van der Waals surface area contributed by atoms with Crippen molar-refractivity contribution in [3.8, 4) is 17.2 Å². The highest BCUT2D eigenvalue weighted by molar-refractivity contribution is 6.38. The average molecular weight is 656 g/mol. The van der Waals surface area contributed by atoms with Crippen molar-refractivity contribution in [3.05, 3.63) is 73.4 Å². The number of piperazine rings is 1. The monoisotopic (exact) mass is 655 g/mol. The van der Waals surface area contributed by atoms with Crippen LogP contribution in [-0.4, -0.2) is 112 Å². The van der Waals surface area contributed by atoms with E-state index in [1.54, 1.807) is 6.07 Å². The van der Waals surface area contributed by atoms with E-state index >= 15 is 0 Å². The summed E-state index contributed by atoms with van der Waals surface area (Å²) in [5.74, 6) is -7.16. The van der Waals surface area contributed by atoms with E-state index in [0.29, 0.717) is 5.56 Å². The van der Waals surface area contributed by atoms with Crippen LogP contribution < -0.4 is 11.0 Å². The maximum atomic E-state index is 14.1. The Kier molecular flexibility index (Phi) is 7.07. The number of benzene rings is 2. The lowest BCUT2D eigenvalue weighted by Gasteiger charge is -2.31. The Morgan fingerprint density at radius 3 is 2.31 bits per heavy atom. The molecule has 1 aliphatic heterocycles. The van der Waals surface area contributed by atoms with Crippen LogP contribution in [0, 0.1) is 0 Å². The van der Waals surface area contributed by atoms with Gasteiger partial charge in [-0.1, -0.05) is 6.07 Å². The molecule has 246 valence electrons. The second kappa shape index (κ2) is 11.0. The predicted molar refractivity (Wildman–Crippen MR) is 168 cm³/mol. The van der Waals surface area contributed by atoms with Crippen LogP contribution in [0.25, 0.3) is 10.8 Å². The van der Waals surface area contributed by atoms with Crippen LogP contribution in [0.3, 0.4) is 0 Å². The molecule has 4 aliphatic rings. The van der Waals surface area contributed by atoms with Gasteiger partial charge in [-0.2, -0.15) is 5.10 Å². The maximum Gasteiger partial charge on any atom is 0.260 e. The van der Waals surface area contributed by atoms with E-state index in [-0.39, 0.29) is 47.3 Å². The van der Waals surface area contributed by atoms with Gasteiger partial charge in [0.15, 0.2) is 23.1 Å². The lowest BCUT2D eigenvalue weighted by atomic mass is 9.76. The van der Waals surface area contributed by atoms with Crippen molar-refractivity contribution in [2.45, 2.75) is 18.3 Å². The normalized spacial score (nSPS) is 20.8. The Hall–Kier alpha value is -5.67. The highest BCUT2D eigenvalue weighted by atomic mass is 16.5. The molecular weight excluding hydrogens is 626 g/mol. The number of hydrazone groups is 1. The molecule has 1 amide bonds. The summed E-state index contributed by atoms with van der Waals surface area (Å²) >= 11 is 0. The number of phenolic OH excluding ortho intramolecular Hbond substituents is 3. The SMILES string of the molecule is COC1=CC(=O)c2c(O)c3c(c(O)c2C1=O)C(=O)C1(CCc2cc4cc(C=NNC(=O)CN5CCN(C)CC5)[nH]c(=O)c4c(O)c21)C3=O. The van der Waals surface area contributed by atoms with E-state index in [2.05, 4.69) is 20.4 Å². The molecule has 0 bridgehead atoms. The number of ketones is 4. The number of rotatable bonds is 5. The Labute approximate surface area is 271 Å². The molecule has 1 unspecified atom stereocenters. The van der Waals surface area contributed by atoms with Gasteiger partial charge in [0.05, 0.1) is 53.2 Å². The highest BCUT2D eigenvalue weighted by Crippen LogP contribution is 2.57. The Morgan fingerprint density at radius 1 is 0.979 bits per heavy atom. The van der Waals surface area contributed by atoms with Gasteiger partial charge < -0.3 is 29.9 Å². The predicted octanol–water partition coefficient (Wildman–Crippen LogP) is 0.515. The number of amides is 1. The van der Waals surface area contributed by atoms with Crippen LogP contribution in [0.15, 0.2) is 33.9 Å². The highest BCUT2D eigenvalue weighted by Gasteiger charge is 2.61. The van der Waals surface area contributed by atoms with Crippen molar-refractivity contribution in [2.75, 3.05) is 46.9 Å². The quantitative estimate of drug-likeness (QED) is 0.110. The largest absolute Gasteiger partial charge is 0.507 e. The van der Waals surface area contributed by atoms with Gasteiger partial charge in [0.1, 0.15) is 22.7 Å². The van der Waals surface area contributed by atoms with Crippen molar-refractivity contribution < 1.29 is 44.0 Å². The minimum Gasteiger partial charge on any atom is -0.507 e. The minimum atomic E-state index is -2.14. The van der Waals surface area contributed by atoms with E-state index in [0.717, 1.165) is 39.4 Å². The second-order valence-corrected chi connectivity index (χ2v) is 12.3. The molecule has 0 saturated carbocycles. The van der Waals surface area contributed by atoms with Gasteiger partial charge in [-0.3, -0.25) is 33.7 Å². The molecular formula is C33H29N5O10. The van der Waals surface area contributed by atoms with Crippen LogP contribution in [0.2, 0.25) is 0 Å². The summed E-state index contributed by atoms with van der Waals surface area (Å²) in [7, 11) is 3.14. The van der Waals surface area contributed by atoms with E-state index in [1.807, 2.05) is 11.9 Å². The van der Waals surface area contributed by atoms with Crippen molar-refractivity contribution in [2.24, 2.45) is 5.10 Å². The van der Waals surface area contributed by atoms with Crippen molar-refractivity contribution in [1.29, 1.82) is 0 Å². The summed E-state index contributed by atoms with van der Waals surface area (Å²) in [5.41, 5.74) is -2.67. The second-order valence-electron chi connectivity index (χ2n) is 12.3. The number of phenols is 3. The summed E-state index contributed by atoms with van der Waals surface area (Å²) in [6.45, 7) is 3.37. The third kappa shape index (κ3) is 4.31. The topological polar surface area (TPSA) is 219 Å². The zero-order valence-electron chi connectivity index (χ0n) is 25.8. The number of hydrogen-bond acceptors (Lipinski definition) is 13. The van der Waals surface area contributed by atoms with E-state index in [4.69, 9.17) is 4.74 Å². The van der Waals surface area contributed by atoms with E-state index in [9.17, 15) is 44.1 Å². The number of aromatic nitrogens is 1. The first kappa shape index (κ1) is 31.0. The number of hydrogen-bond donors (Lipinski definition) is 5. The number of pyridine rings is 1. The van der Waals surface area contributed by atoms with Crippen molar-refractivity contribution >= 4 is 46.0 Å². The summed E-state index contributed by atoms with van der Waals surface area (Å²) < 4.78 is 4.92. The van der Waals surface area contributed by atoms with Crippen molar-refractivity contribution in [3.63, 3.8) is 0 Å². The van der Waals surface area contributed by atoms with E-state index in [1.165, 1.54) is 12.3 Å². The number of carbonyl (C=O) groups excluding carboxylic acids is 5. The number of allylic oxidation sites excluding steroid dienone is 2. The first-order chi connectivity index (χ1) is 22.9. The third-order valence-corrected chi connectivity index (χ3v) is 9.62. The molecule has 15 nitrogen and oxygen atoms in total. The molecule has 1 spiro atoms. The number of nitrogens with zero attached hydrogens (tertiary/aromatic N) is 3. The zero-order chi connectivity index (χ0) is 34.2. The average Bonchev–Trinajstić information content (AvgIpc) is 3.54. The number of Topliss-reactive ketones (excluding diaryl/α,β-unsaturated/α-hetero) is 3. The van der Waals surface area contributed by atoms with Crippen LogP contribution in [0.4, 0.5) is 0 Å². The summed E-state index contributed by atoms with van der Waals surface area (Å²) in [6.07, 6.45) is 1.97. The number of H-pyrrole nitrogens is 1. The molecule has 1 aromatic heterocycles. The zero-order valence-corrected chi connectivity index (χ0v) is 25.8. The Morgan fingerprint density at radius 2 is 1.65 bits per heavy atom. The molecule has 48 heavy (non-hydrogen) atoms. The Balaban J connectivity index is 1.24. The van der Waals surface area contributed by atoms with E-state index < -0.39 is 79.4 Å². The third-order valence-electron chi connectivity index (χ3n) is 9.62. The molecule has 0 radical (unpaired) electrons. The van der Waals surface area contributed by atoms with Crippen LogP contribution in [0.1, 0.15) is 64.7 Å². The van der Waals surface area contributed by atoms with Crippen LogP contribution >= 0.6 is 0 Å². The lowest BCUT2D eigenvalue weighted by molar-refractivity contribution is -0.122. The lowest BCUT2D eigenvalue weighted by Crippen LogP contribution is -2.47. The first-order valence-corrected chi connectivity index (χ1v) is 15.1. The van der Waals surface area contributed by atoms with Crippen molar-refractivity contribution in [1.82, 2.24) is 20.2 Å². The van der Waals surface area contributed by atoms with Gasteiger partial charge in [-0.15, -0.1) is 0 Å². The molecule has 3 aliphatic carbocycles. The number of ether oxygens (including phenoxy) is 1. The molecule has 7 rings (SSSR count). The number of methoxy groups -OCH3 is 1. The molecule has 2 heterocycles. The fourth-order valence-electron chi connectivity index (χ4n) is 7.25. The minimum absolute atomic E-state index is 0.0946. The van der Waals surface area contributed by atoms with Gasteiger partial charge in [0.25, 0.3) is 11.5 Å². The number of aryl methyl sites for hydroxylation is 1. The molecule has 1 saturated heterocycles. The van der Waals surface area contributed by atoms with Gasteiger partial charge in [0, 0.05) is 37.8 Å². The summed E-state index contributed by atoms with van der Waals surface area (Å²) in [6, 6.07) is 3.06. The maximum absolute atomic E-state index is 14.1. The number of fused-ring (bicyclic) bond motifs is 5. The molecule has 15 heteroatoms. The molecule has 2 aromatic carbocycles. The fourth-order valence-corrected chi connectivity index (χ4v) is 7.25. The van der Waals surface area contributed by atoms with Gasteiger partial charge in [0.2, 0.25) is 5.78 Å². The van der Waals surface area contributed by atoms with Gasteiger partial charge >= 0.3 is 0 Å². The number of carbonyl (C=O) groups is 5. The molecule has 1 atom stereocenters. The summed E-state index contributed by atoms with van der Waals surface area (Å²) in [4.78, 5) is 86.5. The smallest absolute Gasteiger partial charge is 0.260 e. The summed E-state index contributed by atoms with van der Waals surface area (Å²) in [5, 5.41) is 37.8. The molecule has 5 N–H and O–H groups in total. The number of nitrogens with one attached hydrogen (secondary N) is 2. The molecule has 1 fully saturated rings. The van der Waals surface area contributed by atoms with Gasteiger partial charge in [-0.05, 0) is 36.9 Å². The van der Waals surface area contributed by atoms with Crippen LogP contribution in [-0.2, 0) is 21.4 Å². The standard InChI is InChI=1S/C33H29N5O10/c1-37-5-7-38(8-6-37)13-19(40)36-34-12-16-10-15-9-14-3-4-33(25(14)29(44)20(15)32(47)35-16)30(45)23-24(31(33)46)28(43)22-21(27(23)42)17(39)11-18(48-2)26(22)41/h9-12,42-44H,3-8,13H2,1-2H3,(H,35,47)(H,36,40). The molecule has 3 aromatic rings. The first-order valence-electron chi connectivity index (χ1n) is 15.1. The van der Waals surface area contributed by atoms with Crippen LogP contribution in [0.5, 0.6) is 17.2 Å². The van der Waals surface area contributed by atoms with Gasteiger partial charge in [-0.25, -0.2) is 5.43 Å². The fraction of sp³-hybridized carbons (Fsp3) is 0.303. The number of aromatic amines is 1. The Bertz CT molecular complexity index is 2160. The number of likely N-dealkylation sites (N-methyl/N-ethyl adjacent to an activating group) is 1. The number of aromatic hydroxyl groups is 3.